The van der Waals surface area contributed by atoms with Gasteiger partial charge in [0.2, 0.25) is 5.16 Å². The van der Waals surface area contributed by atoms with Crippen LogP contribution in [0.5, 0.6) is 5.75 Å². The Hall–Kier alpha value is -2.68. The van der Waals surface area contributed by atoms with Crippen LogP contribution in [-0.4, -0.2) is 35.3 Å². The zero-order valence-electron chi connectivity index (χ0n) is 9.96. The summed E-state index contributed by atoms with van der Waals surface area (Å²) < 4.78 is 1.49. The van der Waals surface area contributed by atoms with E-state index in [1.807, 2.05) is 0 Å². The van der Waals surface area contributed by atoms with Gasteiger partial charge in [0.05, 0.1) is 12.0 Å². The summed E-state index contributed by atoms with van der Waals surface area (Å²) in [5.74, 6) is 0.160. The quantitative estimate of drug-likeness (QED) is 0.679. The van der Waals surface area contributed by atoms with Crippen LogP contribution in [0.4, 0.5) is 0 Å². The molecule has 8 nitrogen and oxygen atoms in total. The number of nitrogens with zero attached hydrogens (tertiary/aromatic N) is 5. The van der Waals surface area contributed by atoms with Gasteiger partial charge in [0, 0.05) is 6.07 Å². The highest BCUT2D eigenvalue weighted by atomic mass is 32.2. The van der Waals surface area contributed by atoms with Crippen LogP contribution < -0.4 is 5.56 Å². The van der Waals surface area contributed by atoms with E-state index in [9.17, 15) is 9.90 Å². The van der Waals surface area contributed by atoms with E-state index in [0.717, 1.165) is 0 Å². The molecule has 0 spiro atoms. The molecule has 0 radical (unpaired) electrons. The number of tetrazole rings is 1. The van der Waals surface area contributed by atoms with Gasteiger partial charge in [-0.05, 0) is 46.5 Å². The Morgan fingerprint density at radius 1 is 1.25 bits per heavy atom. The molecule has 2 N–H and O–H groups in total. The number of hydrogen-bond donors (Lipinski definition) is 2. The van der Waals surface area contributed by atoms with Crippen molar-refractivity contribution in [2.75, 3.05) is 0 Å². The summed E-state index contributed by atoms with van der Waals surface area (Å²) in [6.45, 7) is 0. The number of rotatable bonds is 3. The molecular weight excluding hydrogens is 280 g/mol. The van der Waals surface area contributed by atoms with E-state index in [-0.39, 0.29) is 11.3 Å². The van der Waals surface area contributed by atoms with Crippen molar-refractivity contribution in [2.45, 2.75) is 10.2 Å². The topological polar surface area (TPSA) is 110 Å². The molecule has 2 aromatic heterocycles. The highest BCUT2D eigenvalue weighted by Crippen LogP contribution is 2.24. The fourth-order valence-corrected chi connectivity index (χ4v) is 2.26. The largest absolute Gasteiger partial charge is 0.508 e. The minimum atomic E-state index is -0.244. The van der Waals surface area contributed by atoms with Gasteiger partial charge in [-0.2, -0.15) is 4.68 Å². The lowest BCUT2D eigenvalue weighted by atomic mass is 10.3. The summed E-state index contributed by atoms with van der Waals surface area (Å²) in [6, 6.07) is 7.80. The van der Waals surface area contributed by atoms with Crippen LogP contribution in [0, 0.1) is 0 Å². The van der Waals surface area contributed by atoms with Gasteiger partial charge in [0.15, 0.2) is 0 Å². The Labute approximate surface area is 116 Å². The predicted octanol–water partition coefficient (Wildman–Crippen LogP) is 0.602. The number of aromatic hydroxyl groups is 1. The highest BCUT2D eigenvalue weighted by molar-refractivity contribution is 7.99. The van der Waals surface area contributed by atoms with E-state index in [0.29, 0.717) is 15.9 Å². The molecule has 0 aliphatic heterocycles. The zero-order chi connectivity index (χ0) is 13.9. The minimum Gasteiger partial charge on any atom is -0.508 e. The van der Waals surface area contributed by atoms with Crippen LogP contribution in [0.15, 0.2) is 51.6 Å². The first-order chi connectivity index (χ1) is 9.72. The van der Waals surface area contributed by atoms with E-state index in [4.69, 9.17) is 0 Å². The standard InChI is InChI=1S/C11H8N6O2S/c18-8-3-1-7(2-4-8)17-11(14-15-16-17)20-10-5-9(19)12-6-13-10/h1-6,18H,(H,12,13,19). The summed E-state index contributed by atoms with van der Waals surface area (Å²) in [4.78, 5) is 17.7. The second-order valence-corrected chi connectivity index (χ2v) is 4.73. The minimum absolute atomic E-state index is 0.160. The first kappa shape index (κ1) is 12.4. The molecule has 3 aromatic rings. The molecule has 0 aliphatic rings. The maximum absolute atomic E-state index is 11.2. The van der Waals surface area contributed by atoms with Gasteiger partial charge >= 0.3 is 0 Å². The molecule has 3 rings (SSSR count). The van der Waals surface area contributed by atoms with E-state index in [1.54, 1.807) is 12.1 Å². The second-order valence-electron chi connectivity index (χ2n) is 3.74. The fraction of sp³-hybridized carbons (Fsp3) is 0. The molecule has 2 heterocycles. The normalized spacial score (nSPS) is 10.6. The van der Waals surface area contributed by atoms with Gasteiger partial charge < -0.3 is 10.1 Å². The number of phenolic OH excluding ortho intramolecular Hbond substituents is 1. The summed E-state index contributed by atoms with van der Waals surface area (Å²) in [5, 5.41) is 21.6. The van der Waals surface area contributed by atoms with Crippen molar-refractivity contribution < 1.29 is 5.11 Å². The maximum Gasteiger partial charge on any atom is 0.251 e. The predicted molar refractivity (Wildman–Crippen MR) is 69.8 cm³/mol. The molecule has 9 heteroatoms. The van der Waals surface area contributed by atoms with Gasteiger partial charge in [0.25, 0.3) is 5.56 Å². The molecule has 0 saturated carbocycles. The number of aromatic amines is 1. The molecule has 0 bridgehead atoms. The van der Waals surface area contributed by atoms with Crippen LogP contribution in [0.1, 0.15) is 0 Å². The molecule has 0 atom stereocenters. The van der Waals surface area contributed by atoms with Crippen molar-refractivity contribution in [3.8, 4) is 11.4 Å². The van der Waals surface area contributed by atoms with Gasteiger partial charge in [0.1, 0.15) is 10.8 Å². The lowest BCUT2D eigenvalue weighted by Crippen LogP contribution is -2.04. The Morgan fingerprint density at radius 2 is 2.05 bits per heavy atom. The Balaban J connectivity index is 1.94. The third-order valence-corrected chi connectivity index (χ3v) is 3.25. The van der Waals surface area contributed by atoms with Crippen LogP contribution in [0.3, 0.4) is 0 Å². The maximum atomic E-state index is 11.2. The van der Waals surface area contributed by atoms with Gasteiger partial charge in [-0.3, -0.25) is 4.79 Å². The summed E-state index contributed by atoms with van der Waals surface area (Å²) in [7, 11) is 0. The van der Waals surface area contributed by atoms with Crippen LogP contribution in [0.25, 0.3) is 5.69 Å². The lowest BCUT2D eigenvalue weighted by Gasteiger charge is -2.03. The van der Waals surface area contributed by atoms with E-state index >= 15 is 0 Å². The van der Waals surface area contributed by atoms with E-state index < -0.39 is 0 Å². The van der Waals surface area contributed by atoms with Crippen molar-refractivity contribution in [3.63, 3.8) is 0 Å². The van der Waals surface area contributed by atoms with Crippen molar-refractivity contribution in [3.05, 3.63) is 47.0 Å². The smallest absolute Gasteiger partial charge is 0.251 e. The Morgan fingerprint density at radius 3 is 2.80 bits per heavy atom. The monoisotopic (exact) mass is 288 g/mol. The molecule has 0 saturated heterocycles. The van der Waals surface area contributed by atoms with E-state index in [1.165, 1.54) is 41.0 Å². The third kappa shape index (κ3) is 2.52. The molecular formula is C11H8N6O2S. The first-order valence-electron chi connectivity index (χ1n) is 5.53. The molecule has 0 aliphatic carbocycles. The number of phenols is 1. The molecule has 0 amide bonds. The van der Waals surface area contributed by atoms with Crippen LogP contribution in [0.2, 0.25) is 0 Å². The molecule has 1 aromatic carbocycles. The number of hydrogen-bond acceptors (Lipinski definition) is 7. The number of benzene rings is 1. The summed E-state index contributed by atoms with van der Waals surface area (Å²) in [6.07, 6.45) is 1.32. The fourth-order valence-electron chi connectivity index (χ4n) is 1.50. The van der Waals surface area contributed by atoms with Gasteiger partial charge in [-0.25, -0.2) is 4.98 Å². The molecule has 20 heavy (non-hydrogen) atoms. The zero-order valence-corrected chi connectivity index (χ0v) is 10.8. The van der Waals surface area contributed by atoms with Crippen molar-refractivity contribution in [1.29, 1.82) is 0 Å². The average molecular weight is 288 g/mol. The SMILES string of the molecule is O=c1cc(Sc2nnnn2-c2ccc(O)cc2)nc[nH]1. The third-order valence-electron chi connectivity index (χ3n) is 2.38. The average Bonchev–Trinajstić information content (AvgIpc) is 2.88. The number of nitrogens with one attached hydrogen (secondary N) is 1. The second kappa shape index (κ2) is 5.13. The van der Waals surface area contributed by atoms with E-state index in [2.05, 4.69) is 25.5 Å². The van der Waals surface area contributed by atoms with Crippen molar-refractivity contribution >= 4 is 11.8 Å². The molecule has 0 unspecified atom stereocenters. The van der Waals surface area contributed by atoms with Gasteiger partial charge in [-0.15, -0.1) is 5.10 Å². The van der Waals surface area contributed by atoms with Gasteiger partial charge in [-0.1, -0.05) is 0 Å². The van der Waals surface area contributed by atoms with Crippen molar-refractivity contribution in [1.82, 2.24) is 30.2 Å². The number of H-pyrrole nitrogens is 1. The first-order valence-corrected chi connectivity index (χ1v) is 6.34. The Kier molecular flexibility index (Phi) is 3.17. The van der Waals surface area contributed by atoms with Crippen molar-refractivity contribution in [2.24, 2.45) is 0 Å². The lowest BCUT2D eigenvalue weighted by molar-refractivity contribution is 0.475. The number of aromatic nitrogens is 6. The highest BCUT2D eigenvalue weighted by Gasteiger charge is 2.11. The molecule has 0 fully saturated rings. The summed E-state index contributed by atoms with van der Waals surface area (Å²) >= 11 is 1.17. The molecule has 100 valence electrons. The van der Waals surface area contributed by atoms with Crippen LogP contribution >= 0.6 is 11.8 Å². The van der Waals surface area contributed by atoms with Crippen LogP contribution in [-0.2, 0) is 0 Å². The Bertz CT molecular complexity index is 782. The summed E-state index contributed by atoms with van der Waals surface area (Å²) in [5.41, 5.74) is 0.450.